The summed E-state index contributed by atoms with van der Waals surface area (Å²) in [6.07, 6.45) is 5.05. The summed E-state index contributed by atoms with van der Waals surface area (Å²) in [5.41, 5.74) is 0.402. The number of hydrogen-bond donors (Lipinski definition) is 2. The van der Waals surface area contributed by atoms with Crippen molar-refractivity contribution >= 4 is 5.96 Å². The molecule has 0 bridgehead atoms. The van der Waals surface area contributed by atoms with Gasteiger partial charge in [-0.05, 0) is 57.5 Å². The predicted molar refractivity (Wildman–Crippen MR) is 92.9 cm³/mol. The smallest absolute Gasteiger partial charge is 0.191 e. The standard InChI is InChI=1S/C17H36N4/c1-14(9-10-17(2,3)4)20-16(18-5)19-12-15-8-7-11-21(6)13-15/h14-15H,7-13H2,1-6H3,(H2,18,19,20). The maximum Gasteiger partial charge on any atom is 0.191 e. The average Bonchev–Trinajstić information content (AvgIpc) is 2.40. The van der Waals surface area contributed by atoms with Crippen LogP contribution in [0, 0.1) is 11.3 Å². The number of hydrogen-bond acceptors (Lipinski definition) is 2. The Kier molecular flexibility index (Phi) is 7.50. The van der Waals surface area contributed by atoms with E-state index in [-0.39, 0.29) is 0 Å². The van der Waals surface area contributed by atoms with E-state index in [0.717, 1.165) is 18.4 Å². The molecule has 0 aromatic heterocycles. The van der Waals surface area contributed by atoms with Crippen molar-refractivity contribution in [1.82, 2.24) is 15.5 Å². The van der Waals surface area contributed by atoms with Crippen LogP contribution in [0.5, 0.6) is 0 Å². The first-order valence-electron chi connectivity index (χ1n) is 8.46. The van der Waals surface area contributed by atoms with Gasteiger partial charge in [0.2, 0.25) is 0 Å². The number of piperidine rings is 1. The lowest BCUT2D eigenvalue weighted by atomic mass is 9.89. The van der Waals surface area contributed by atoms with Gasteiger partial charge >= 0.3 is 0 Å². The summed E-state index contributed by atoms with van der Waals surface area (Å²) in [6, 6.07) is 0.462. The van der Waals surface area contributed by atoms with E-state index in [1.807, 2.05) is 7.05 Å². The second kappa shape index (κ2) is 8.62. The van der Waals surface area contributed by atoms with E-state index >= 15 is 0 Å². The minimum absolute atomic E-state index is 0.402. The van der Waals surface area contributed by atoms with Crippen molar-refractivity contribution in [3.05, 3.63) is 0 Å². The third kappa shape index (κ3) is 8.30. The summed E-state index contributed by atoms with van der Waals surface area (Å²) in [5.74, 6) is 1.69. The second-order valence-corrected chi connectivity index (χ2v) is 7.87. The fourth-order valence-electron chi connectivity index (χ4n) is 2.83. The van der Waals surface area contributed by atoms with Gasteiger partial charge in [0, 0.05) is 26.2 Å². The molecule has 0 radical (unpaired) electrons. The first-order valence-corrected chi connectivity index (χ1v) is 8.46. The zero-order chi connectivity index (χ0) is 15.9. The number of guanidine groups is 1. The Hall–Kier alpha value is -0.770. The van der Waals surface area contributed by atoms with Gasteiger partial charge in [-0.1, -0.05) is 20.8 Å². The van der Waals surface area contributed by atoms with Crippen molar-refractivity contribution in [3.8, 4) is 0 Å². The van der Waals surface area contributed by atoms with Crippen molar-refractivity contribution in [2.45, 2.75) is 59.4 Å². The predicted octanol–water partition coefficient (Wildman–Crippen LogP) is 2.71. The Bertz CT molecular complexity index is 319. The molecule has 21 heavy (non-hydrogen) atoms. The molecular weight excluding hydrogens is 260 g/mol. The molecule has 0 saturated carbocycles. The molecule has 0 aliphatic carbocycles. The Morgan fingerprint density at radius 1 is 1.38 bits per heavy atom. The Morgan fingerprint density at radius 2 is 2.10 bits per heavy atom. The molecule has 4 nitrogen and oxygen atoms in total. The molecule has 1 aliphatic rings. The minimum Gasteiger partial charge on any atom is -0.356 e. The van der Waals surface area contributed by atoms with Gasteiger partial charge in [-0.15, -0.1) is 0 Å². The van der Waals surface area contributed by atoms with Gasteiger partial charge in [0.25, 0.3) is 0 Å². The van der Waals surface area contributed by atoms with Crippen LogP contribution in [0.15, 0.2) is 4.99 Å². The van der Waals surface area contributed by atoms with E-state index in [2.05, 4.69) is 55.3 Å². The number of aliphatic imine (C=N–C) groups is 1. The molecule has 4 heteroatoms. The molecule has 1 rings (SSSR count). The summed E-state index contributed by atoms with van der Waals surface area (Å²) in [5, 5.41) is 7.02. The molecule has 1 aliphatic heterocycles. The molecular formula is C17H36N4. The molecule has 1 heterocycles. The van der Waals surface area contributed by atoms with E-state index in [4.69, 9.17) is 0 Å². The molecule has 0 aromatic carbocycles. The second-order valence-electron chi connectivity index (χ2n) is 7.87. The van der Waals surface area contributed by atoms with Crippen LogP contribution in [0.3, 0.4) is 0 Å². The summed E-state index contributed by atoms with van der Waals surface area (Å²) >= 11 is 0. The Balaban J connectivity index is 2.28. The quantitative estimate of drug-likeness (QED) is 0.605. The van der Waals surface area contributed by atoms with Gasteiger partial charge in [-0.3, -0.25) is 4.99 Å². The Morgan fingerprint density at radius 3 is 2.67 bits per heavy atom. The fraction of sp³-hybridized carbons (Fsp3) is 0.941. The highest BCUT2D eigenvalue weighted by molar-refractivity contribution is 5.79. The highest BCUT2D eigenvalue weighted by Gasteiger charge is 2.18. The van der Waals surface area contributed by atoms with E-state index in [1.165, 1.54) is 38.8 Å². The third-order valence-corrected chi connectivity index (χ3v) is 4.21. The van der Waals surface area contributed by atoms with Crippen molar-refractivity contribution in [1.29, 1.82) is 0 Å². The number of rotatable bonds is 5. The molecule has 1 fully saturated rings. The molecule has 1 saturated heterocycles. The first kappa shape index (κ1) is 18.3. The summed E-state index contributed by atoms with van der Waals surface area (Å²) < 4.78 is 0. The van der Waals surface area contributed by atoms with Crippen molar-refractivity contribution in [2.75, 3.05) is 33.7 Å². The van der Waals surface area contributed by atoms with Crippen LogP contribution in [-0.4, -0.2) is 50.6 Å². The summed E-state index contributed by atoms with van der Waals surface area (Å²) in [4.78, 5) is 6.79. The maximum atomic E-state index is 4.36. The van der Waals surface area contributed by atoms with Crippen LogP contribution in [0.2, 0.25) is 0 Å². The molecule has 2 unspecified atom stereocenters. The van der Waals surface area contributed by atoms with Gasteiger partial charge in [0.05, 0.1) is 0 Å². The van der Waals surface area contributed by atoms with E-state index in [0.29, 0.717) is 11.5 Å². The summed E-state index contributed by atoms with van der Waals surface area (Å²) in [7, 11) is 4.08. The number of nitrogens with zero attached hydrogens (tertiary/aromatic N) is 2. The lowest BCUT2D eigenvalue weighted by Crippen LogP contribution is -2.46. The lowest BCUT2D eigenvalue weighted by molar-refractivity contribution is 0.210. The minimum atomic E-state index is 0.402. The zero-order valence-corrected chi connectivity index (χ0v) is 15.0. The molecule has 0 amide bonds. The number of nitrogens with one attached hydrogen (secondary N) is 2. The van der Waals surface area contributed by atoms with Crippen molar-refractivity contribution in [2.24, 2.45) is 16.3 Å². The first-order chi connectivity index (χ1) is 9.80. The normalized spacial score (nSPS) is 23.0. The Labute approximate surface area is 131 Å². The molecule has 2 N–H and O–H groups in total. The monoisotopic (exact) mass is 296 g/mol. The van der Waals surface area contributed by atoms with Gasteiger partial charge in [-0.25, -0.2) is 0 Å². The van der Waals surface area contributed by atoms with Gasteiger partial charge in [0.1, 0.15) is 0 Å². The highest BCUT2D eigenvalue weighted by atomic mass is 15.2. The van der Waals surface area contributed by atoms with Crippen molar-refractivity contribution in [3.63, 3.8) is 0 Å². The maximum absolute atomic E-state index is 4.36. The summed E-state index contributed by atoms with van der Waals surface area (Å²) in [6.45, 7) is 12.6. The van der Waals surface area contributed by atoms with Crippen LogP contribution in [0.1, 0.15) is 53.4 Å². The van der Waals surface area contributed by atoms with Gasteiger partial charge in [0.15, 0.2) is 5.96 Å². The van der Waals surface area contributed by atoms with Crippen LogP contribution in [-0.2, 0) is 0 Å². The fourth-order valence-corrected chi connectivity index (χ4v) is 2.83. The molecule has 0 aromatic rings. The van der Waals surface area contributed by atoms with Gasteiger partial charge in [-0.2, -0.15) is 0 Å². The van der Waals surface area contributed by atoms with Crippen LogP contribution >= 0.6 is 0 Å². The zero-order valence-electron chi connectivity index (χ0n) is 15.0. The van der Waals surface area contributed by atoms with Crippen LogP contribution in [0.25, 0.3) is 0 Å². The highest BCUT2D eigenvalue weighted by Crippen LogP contribution is 2.21. The largest absolute Gasteiger partial charge is 0.356 e. The molecule has 2 atom stereocenters. The van der Waals surface area contributed by atoms with Crippen LogP contribution in [0.4, 0.5) is 0 Å². The van der Waals surface area contributed by atoms with E-state index < -0.39 is 0 Å². The lowest BCUT2D eigenvalue weighted by Gasteiger charge is -2.30. The topological polar surface area (TPSA) is 39.7 Å². The van der Waals surface area contributed by atoms with Crippen LogP contribution < -0.4 is 10.6 Å². The third-order valence-electron chi connectivity index (χ3n) is 4.21. The van der Waals surface area contributed by atoms with E-state index in [9.17, 15) is 0 Å². The molecule has 0 spiro atoms. The van der Waals surface area contributed by atoms with Crippen molar-refractivity contribution < 1.29 is 0 Å². The average molecular weight is 297 g/mol. The van der Waals surface area contributed by atoms with Gasteiger partial charge < -0.3 is 15.5 Å². The van der Waals surface area contributed by atoms with E-state index in [1.54, 1.807) is 0 Å². The number of likely N-dealkylation sites (tertiary alicyclic amines) is 1. The molecule has 124 valence electrons. The SMILES string of the molecule is CN=C(NCC1CCCN(C)C1)NC(C)CCC(C)(C)C.